The number of unbranched alkanes of at least 4 members (excludes halogenated alkanes) is 1. The zero-order valence-corrected chi connectivity index (χ0v) is 15.2. The van der Waals surface area contributed by atoms with E-state index in [4.69, 9.17) is 9.41 Å². The predicted octanol–water partition coefficient (Wildman–Crippen LogP) is 3.83. The summed E-state index contributed by atoms with van der Waals surface area (Å²) in [6.07, 6.45) is 13.8. The van der Waals surface area contributed by atoms with Crippen LogP contribution in [0, 0.1) is 0 Å². The Kier molecular flexibility index (Phi) is 9.07. The molecule has 1 aromatic rings. The lowest BCUT2D eigenvalue weighted by Crippen LogP contribution is -2.45. The van der Waals surface area contributed by atoms with Crippen LogP contribution < -0.4 is 10.6 Å². The third-order valence-electron chi connectivity index (χ3n) is 4.22. The molecule has 1 aromatic heterocycles. The molecular weight excluding hydrogens is 306 g/mol. The number of thioether (sulfide) groups is 1. The molecule has 0 radical (unpaired) electrons. The van der Waals surface area contributed by atoms with Crippen LogP contribution in [0.15, 0.2) is 27.8 Å². The molecule has 2 N–H and O–H groups in total. The highest BCUT2D eigenvalue weighted by molar-refractivity contribution is 7.98. The van der Waals surface area contributed by atoms with Crippen LogP contribution in [0.25, 0.3) is 0 Å². The molecule has 23 heavy (non-hydrogen) atoms. The van der Waals surface area contributed by atoms with E-state index in [-0.39, 0.29) is 0 Å². The molecule has 1 heterocycles. The molecule has 0 amide bonds. The number of aliphatic imine (C=N–C) groups is 1. The van der Waals surface area contributed by atoms with E-state index in [2.05, 4.69) is 16.9 Å². The fraction of sp³-hybridized carbons (Fsp3) is 0.722. The number of nitrogens with one attached hydrogen (secondary N) is 2. The largest absolute Gasteiger partial charge is 0.469 e. The van der Waals surface area contributed by atoms with Crippen molar-refractivity contribution in [3.8, 4) is 0 Å². The van der Waals surface area contributed by atoms with E-state index in [1.54, 1.807) is 6.26 Å². The van der Waals surface area contributed by atoms with Crippen molar-refractivity contribution in [1.82, 2.24) is 10.6 Å². The lowest BCUT2D eigenvalue weighted by molar-refractivity contribution is 0.409. The van der Waals surface area contributed by atoms with Gasteiger partial charge in [0.25, 0.3) is 0 Å². The Morgan fingerprint density at radius 1 is 1.30 bits per heavy atom. The van der Waals surface area contributed by atoms with Gasteiger partial charge in [0.15, 0.2) is 5.96 Å². The third-order valence-corrected chi connectivity index (χ3v) is 4.91. The minimum Gasteiger partial charge on any atom is -0.469 e. The molecule has 5 heteroatoms. The summed E-state index contributed by atoms with van der Waals surface area (Å²) in [7, 11) is 0. The van der Waals surface area contributed by atoms with Gasteiger partial charge in [-0.1, -0.05) is 19.3 Å². The second-order valence-corrected chi connectivity index (χ2v) is 7.15. The monoisotopic (exact) mass is 337 g/mol. The van der Waals surface area contributed by atoms with E-state index >= 15 is 0 Å². The first-order chi connectivity index (χ1) is 11.4. The Bertz CT molecular complexity index is 427. The quantitative estimate of drug-likeness (QED) is 0.408. The average Bonchev–Trinajstić information content (AvgIpc) is 3.09. The van der Waals surface area contributed by atoms with Gasteiger partial charge < -0.3 is 15.1 Å². The molecule has 0 aromatic carbocycles. The van der Waals surface area contributed by atoms with Gasteiger partial charge in [-0.15, -0.1) is 0 Å². The molecular formula is C18H31N3OS. The van der Waals surface area contributed by atoms with Crippen molar-refractivity contribution >= 4 is 17.7 Å². The summed E-state index contributed by atoms with van der Waals surface area (Å²) < 4.78 is 5.39. The molecule has 0 atom stereocenters. The van der Waals surface area contributed by atoms with Crippen molar-refractivity contribution in [2.24, 2.45) is 4.99 Å². The molecule has 1 fully saturated rings. The van der Waals surface area contributed by atoms with Gasteiger partial charge in [0.05, 0.1) is 6.26 Å². The number of guanidine groups is 1. The Labute approximate surface area is 144 Å². The normalized spacial score (nSPS) is 16.5. The van der Waals surface area contributed by atoms with Crippen LogP contribution in [0.5, 0.6) is 0 Å². The lowest BCUT2D eigenvalue weighted by atomic mass is 9.96. The van der Waals surface area contributed by atoms with Crippen LogP contribution in [-0.4, -0.2) is 37.1 Å². The van der Waals surface area contributed by atoms with Crippen LogP contribution in [0.2, 0.25) is 0 Å². The van der Waals surface area contributed by atoms with Crippen molar-refractivity contribution in [1.29, 1.82) is 0 Å². The van der Waals surface area contributed by atoms with Gasteiger partial charge in [-0.3, -0.25) is 4.99 Å². The van der Waals surface area contributed by atoms with Gasteiger partial charge in [0.1, 0.15) is 5.76 Å². The van der Waals surface area contributed by atoms with Crippen LogP contribution in [0.3, 0.4) is 0 Å². The number of furan rings is 1. The van der Waals surface area contributed by atoms with Crippen LogP contribution in [-0.2, 0) is 6.42 Å². The van der Waals surface area contributed by atoms with Crippen molar-refractivity contribution in [3.05, 3.63) is 24.2 Å². The highest BCUT2D eigenvalue weighted by Gasteiger charge is 2.14. The van der Waals surface area contributed by atoms with E-state index < -0.39 is 0 Å². The van der Waals surface area contributed by atoms with Gasteiger partial charge in [0.2, 0.25) is 0 Å². The number of hydrogen-bond acceptors (Lipinski definition) is 3. The molecule has 0 saturated heterocycles. The molecule has 2 rings (SSSR count). The molecule has 0 aliphatic heterocycles. The summed E-state index contributed by atoms with van der Waals surface area (Å²) in [5, 5.41) is 7.10. The molecule has 130 valence electrons. The van der Waals surface area contributed by atoms with Gasteiger partial charge >= 0.3 is 0 Å². The molecule has 1 saturated carbocycles. The summed E-state index contributed by atoms with van der Waals surface area (Å²) in [6.45, 7) is 1.76. The van der Waals surface area contributed by atoms with Crippen molar-refractivity contribution in [2.45, 2.75) is 57.4 Å². The highest BCUT2D eigenvalue weighted by atomic mass is 32.2. The number of nitrogens with zero attached hydrogens (tertiary/aromatic N) is 1. The van der Waals surface area contributed by atoms with Gasteiger partial charge in [0, 0.05) is 25.6 Å². The number of hydrogen-bond donors (Lipinski definition) is 2. The van der Waals surface area contributed by atoms with Crippen molar-refractivity contribution in [3.63, 3.8) is 0 Å². The first-order valence-electron chi connectivity index (χ1n) is 8.94. The predicted molar refractivity (Wildman–Crippen MR) is 100 cm³/mol. The van der Waals surface area contributed by atoms with Crippen LogP contribution >= 0.6 is 11.8 Å². The summed E-state index contributed by atoms with van der Waals surface area (Å²) in [5.41, 5.74) is 0. The Hall–Kier alpha value is -1.10. The topological polar surface area (TPSA) is 49.6 Å². The maximum atomic E-state index is 5.39. The molecule has 1 aliphatic carbocycles. The summed E-state index contributed by atoms with van der Waals surface area (Å²) >= 11 is 1.91. The SMILES string of the molecule is CSCCCCN=C(NCCc1ccco1)NC1CCCCC1. The van der Waals surface area contributed by atoms with E-state index in [0.717, 1.165) is 37.7 Å². The molecule has 1 aliphatic rings. The van der Waals surface area contributed by atoms with Gasteiger partial charge in [-0.25, -0.2) is 0 Å². The first-order valence-corrected chi connectivity index (χ1v) is 10.3. The second-order valence-electron chi connectivity index (χ2n) is 6.17. The molecule has 0 spiro atoms. The van der Waals surface area contributed by atoms with E-state index in [1.165, 1.54) is 44.3 Å². The Morgan fingerprint density at radius 2 is 2.17 bits per heavy atom. The van der Waals surface area contributed by atoms with Crippen LogP contribution in [0.4, 0.5) is 0 Å². The highest BCUT2D eigenvalue weighted by Crippen LogP contribution is 2.17. The smallest absolute Gasteiger partial charge is 0.191 e. The fourth-order valence-electron chi connectivity index (χ4n) is 2.90. The molecule has 4 nitrogen and oxygen atoms in total. The number of rotatable bonds is 9. The Balaban J connectivity index is 1.75. The van der Waals surface area contributed by atoms with Gasteiger partial charge in [-0.05, 0) is 49.8 Å². The van der Waals surface area contributed by atoms with Crippen molar-refractivity contribution in [2.75, 3.05) is 25.1 Å². The van der Waals surface area contributed by atoms with Gasteiger partial charge in [-0.2, -0.15) is 11.8 Å². The fourth-order valence-corrected chi connectivity index (χ4v) is 3.39. The van der Waals surface area contributed by atoms with Crippen LogP contribution in [0.1, 0.15) is 50.7 Å². The maximum Gasteiger partial charge on any atom is 0.191 e. The first kappa shape index (κ1) is 18.2. The molecule has 0 bridgehead atoms. The minimum atomic E-state index is 0.588. The summed E-state index contributed by atoms with van der Waals surface area (Å²) in [5.74, 6) is 3.23. The second kappa shape index (κ2) is 11.4. The van der Waals surface area contributed by atoms with E-state index in [1.807, 2.05) is 23.9 Å². The van der Waals surface area contributed by atoms with E-state index in [0.29, 0.717) is 6.04 Å². The molecule has 0 unspecified atom stereocenters. The standard InChI is InChI=1S/C18H31N3OS/c1-23-15-6-5-12-19-18(21-16-8-3-2-4-9-16)20-13-11-17-10-7-14-22-17/h7,10,14,16H,2-6,8-9,11-13,15H2,1H3,(H2,19,20,21). The average molecular weight is 338 g/mol. The minimum absolute atomic E-state index is 0.588. The summed E-state index contributed by atoms with van der Waals surface area (Å²) in [6, 6.07) is 4.55. The van der Waals surface area contributed by atoms with Crippen molar-refractivity contribution < 1.29 is 4.42 Å². The summed E-state index contributed by atoms with van der Waals surface area (Å²) in [4.78, 5) is 4.76. The lowest BCUT2D eigenvalue weighted by Gasteiger charge is -2.25. The zero-order valence-electron chi connectivity index (χ0n) is 14.4. The zero-order chi connectivity index (χ0) is 16.2. The Morgan fingerprint density at radius 3 is 2.91 bits per heavy atom. The van der Waals surface area contributed by atoms with E-state index in [9.17, 15) is 0 Å². The maximum absolute atomic E-state index is 5.39. The third kappa shape index (κ3) is 7.82.